The molecule has 0 bridgehead atoms. The van der Waals surface area contributed by atoms with Crippen molar-refractivity contribution in [1.82, 2.24) is 0 Å². The number of ketones is 1. The molecule has 2 rings (SSSR count). The van der Waals surface area contributed by atoms with Crippen LogP contribution in [-0.2, 0) is 15.6 Å². The van der Waals surface area contributed by atoms with Crippen molar-refractivity contribution in [2.24, 2.45) is 0 Å². The Labute approximate surface area is 283 Å². The molecule has 0 aliphatic carbocycles. The number of allylic oxidation sites excluding steroid dienone is 1. The van der Waals surface area contributed by atoms with E-state index in [4.69, 9.17) is 8.85 Å². The molecule has 0 amide bonds. The van der Waals surface area contributed by atoms with E-state index in [9.17, 15) is 4.79 Å². The Hall–Kier alpha value is -0.476. The quantitative estimate of drug-likeness (QED) is 0.0803. The van der Waals surface area contributed by atoms with E-state index in [-0.39, 0.29) is 16.0 Å². The Morgan fingerprint density at radius 3 is 1.80 bits per heavy atom. The third-order valence-corrected chi connectivity index (χ3v) is 22.5. The summed E-state index contributed by atoms with van der Waals surface area (Å²) in [6, 6.07) is 16.7. The topological polar surface area (TPSA) is 35.5 Å². The highest BCUT2D eigenvalue weighted by molar-refractivity contribution is 8.18. The van der Waals surface area contributed by atoms with E-state index < -0.39 is 16.6 Å². The van der Waals surface area contributed by atoms with E-state index in [2.05, 4.69) is 95.4 Å². The predicted molar refractivity (Wildman–Crippen MR) is 204 cm³/mol. The minimum atomic E-state index is -1.83. The molecule has 0 saturated carbocycles. The van der Waals surface area contributed by atoms with Crippen molar-refractivity contribution in [2.75, 3.05) is 11.5 Å². The molecular formula is C37H66O3S2Si2. The molecule has 0 spiro atoms. The van der Waals surface area contributed by atoms with E-state index in [1.807, 2.05) is 0 Å². The maximum atomic E-state index is 11.8. The lowest BCUT2D eigenvalue weighted by molar-refractivity contribution is -0.112. The second kappa shape index (κ2) is 21.4. The number of rotatable bonds is 24. The molecule has 3 nitrogen and oxygen atoms in total. The van der Waals surface area contributed by atoms with Crippen LogP contribution in [0.5, 0.6) is 5.75 Å². The molecule has 7 heteroatoms. The summed E-state index contributed by atoms with van der Waals surface area (Å²) in [5.41, 5.74) is 1.41. The first-order valence-corrected chi connectivity index (χ1v) is 25.2. The second-order valence-corrected chi connectivity index (χ2v) is 24.7. The molecule has 0 radical (unpaired) electrons. The fraction of sp³-hybridized carbons (Fsp3) is 0.757. The average Bonchev–Trinajstić information content (AvgIpc) is 2.98. The molecule has 1 fully saturated rings. The minimum Gasteiger partial charge on any atom is -0.543 e. The zero-order valence-electron chi connectivity index (χ0n) is 29.5. The molecule has 1 aromatic rings. The fourth-order valence-corrected chi connectivity index (χ4v) is 20.0. The minimum absolute atomic E-state index is 0.130. The van der Waals surface area contributed by atoms with Crippen molar-refractivity contribution >= 4 is 45.9 Å². The zero-order chi connectivity index (χ0) is 32.3. The van der Waals surface area contributed by atoms with Crippen LogP contribution < -0.4 is 4.43 Å². The summed E-state index contributed by atoms with van der Waals surface area (Å²) in [5, 5.41) is 0. The zero-order valence-corrected chi connectivity index (χ0v) is 33.2. The van der Waals surface area contributed by atoms with Gasteiger partial charge in [-0.05, 0) is 111 Å². The molecule has 0 N–H and O–H groups in total. The molecule has 1 aliphatic heterocycles. The predicted octanol–water partition coefficient (Wildman–Crippen LogP) is 12.2. The summed E-state index contributed by atoms with van der Waals surface area (Å²) < 4.78 is 14.4. The lowest BCUT2D eigenvalue weighted by atomic mass is 10.0. The third-order valence-electron chi connectivity index (χ3n) is 9.01. The third kappa shape index (κ3) is 13.7. The van der Waals surface area contributed by atoms with E-state index >= 15 is 0 Å². The highest BCUT2D eigenvalue weighted by Gasteiger charge is 2.40. The molecule has 1 aliphatic rings. The van der Waals surface area contributed by atoms with Crippen molar-refractivity contribution < 1.29 is 13.6 Å². The summed E-state index contributed by atoms with van der Waals surface area (Å²) in [6.45, 7) is 15.6. The van der Waals surface area contributed by atoms with Crippen molar-refractivity contribution in [3.8, 4) is 5.75 Å². The molecule has 1 atom stereocenters. The van der Waals surface area contributed by atoms with Crippen LogP contribution in [0.15, 0.2) is 36.4 Å². The van der Waals surface area contributed by atoms with Gasteiger partial charge in [-0.15, -0.1) is 23.5 Å². The van der Waals surface area contributed by atoms with Gasteiger partial charge in [-0.1, -0.05) is 98.3 Å². The van der Waals surface area contributed by atoms with Crippen LogP contribution in [0, 0.1) is 0 Å². The standard InChI is InChI=1S/C37H66O3S2Si2/c1-8-26-43(27-9-2,28-10-3)39-35-20-18-34(19-21-35)22-23-37(41-24-15-25-42-37)32-36(17-14-16-33(7)38)40-44(29-11-4,30-12-5)31-13-6/h14,16,18-21,36H,8-13,15,17,22-32H2,1-7H3/b16-14+. The number of thioether (sulfide) groups is 2. The van der Waals surface area contributed by atoms with Gasteiger partial charge < -0.3 is 8.85 Å². The number of carbonyl (C=O) groups excluding carboxylic acids is 1. The van der Waals surface area contributed by atoms with Gasteiger partial charge in [0.25, 0.3) is 8.32 Å². The lowest BCUT2D eigenvalue weighted by Crippen LogP contribution is -2.43. The monoisotopic (exact) mass is 678 g/mol. The van der Waals surface area contributed by atoms with Crippen LogP contribution in [0.2, 0.25) is 36.3 Å². The maximum absolute atomic E-state index is 11.8. The smallest absolute Gasteiger partial charge is 0.251 e. The second-order valence-electron chi connectivity index (χ2n) is 13.3. The van der Waals surface area contributed by atoms with Crippen molar-refractivity contribution in [2.45, 2.75) is 166 Å². The number of carbonyl (C=O) groups is 1. The number of hydrogen-bond donors (Lipinski definition) is 0. The summed E-state index contributed by atoms with van der Waals surface area (Å²) >= 11 is 4.36. The van der Waals surface area contributed by atoms with Gasteiger partial charge in [-0.3, -0.25) is 4.79 Å². The Kier molecular flexibility index (Phi) is 19.3. The number of aryl methyl sites for hydroxylation is 1. The van der Waals surface area contributed by atoms with E-state index in [1.54, 1.807) is 13.0 Å². The Morgan fingerprint density at radius 1 is 0.818 bits per heavy atom. The summed E-state index contributed by atoms with van der Waals surface area (Å²) in [7, 11) is -3.56. The van der Waals surface area contributed by atoms with Crippen molar-refractivity contribution in [1.29, 1.82) is 0 Å². The normalized spacial score (nSPS) is 16.3. The highest BCUT2D eigenvalue weighted by atomic mass is 32.2. The van der Waals surface area contributed by atoms with Gasteiger partial charge in [0.05, 0.1) is 10.2 Å². The summed E-state index contributed by atoms with van der Waals surface area (Å²) in [6.07, 6.45) is 16.7. The first kappa shape index (κ1) is 39.7. The van der Waals surface area contributed by atoms with Gasteiger partial charge >= 0.3 is 0 Å². The highest BCUT2D eigenvalue weighted by Crippen LogP contribution is 2.50. The summed E-state index contributed by atoms with van der Waals surface area (Å²) in [5.74, 6) is 3.68. The van der Waals surface area contributed by atoms with E-state index in [0.717, 1.165) is 31.4 Å². The van der Waals surface area contributed by atoms with Crippen LogP contribution in [0.25, 0.3) is 0 Å². The first-order chi connectivity index (χ1) is 21.2. The molecule has 1 saturated heterocycles. The van der Waals surface area contributed by atoms with Crippen LogP contribution >= 0.6 is 23.5 Å². The first-order valence-electron chi connectivity index (χ1n) is 18.1. The van der Waals surface area contributed by atoms with Gasteiger partial charge in [-0.2, -0.15) is 0 Å². The maximum Gasteiger partial charge on any atom is 0.251 e. The number of hydrogen-bond acceptors (Lipinski definition) is 5. The molecule has 1 unspecified atom stereocenters. The van der Waals surface area contributed by atoms with Crippen molar-refractivity contribution in [3.05, 3.63) is 42.0 Å². The molecule has 1 aromatic carbocycles. The van der Waals surface area contributed by atoms with E-state index in [1.165, 1.54) is 98.3 Å². The fourth-order valence-electron chi connectivity index (χ4n) is 7.36. The van der Waals surface area contributed by atoms with Gasteiger partial charge in [0, 0.05) is 0 Å². The van der Waals surface area contributed by atoms with Crippen molar-refractivity contribution in [3.63, 3.8) is 0 Å². The lowest BCUT2D eigenvalue weighted by Gasteiger charge is -2.42. The molecule has 0 aromatic heterocycles. The van der Waals surface area contributed by atoms with Crippen LogP contribution in [0.1, 0.15) is 118 Å². The van der Waals surface area contributed by atoms with Gasteiger partial charge in [0.2, 0.25) is 0 Å². The number of benzene rings is 1. The SMILES string of the molecule is CCC[Si](CCC)(CCC)Oc1ccc(CCC2(CC(C/C=C/C(C)=O)O[Si](CCC)(CCC)CCC)SCCCS2)cc1. The van der Waals surface area contributed by atoms with E-state index in [0.29, 0.717) is 0 Å². The Morgan fingerprint density at radius 2 is 1.32 bits per heavy atom. The van der Waals surface area contributed by atoms with Gasteiger partial charge in [0.1, 0.15) is 5.75 Å². The molecule has 252 valence electrons. The van der Waals surface area contributed by atoms with Gasteiger partial charge in [-0.25, -0.2) is 0 Å². The average molecular weight is 679 g/mol. The summed E-state index contributed by atoms with van der Waals surface area (Å²) in [4.78, 5) is 11.8. The van der Waals surface area contributed by atoms with Gasteiger partial charge in [0.15, 0.2) is 14.1 Å². The largest absolute Gasteiger partial charge is 0.543 e. The van der Waals surface area contributed by atoms with Crippen LogP contribution in [-0.4, -0.2) is 44.1 Å². The molecule has 44 heavy (non-hydrogen) atoms. The Balaban J connectivity index is 2.24. The van der Waals surface area contributed by atoms with Crippen LogP contribution in [0.4, 0.5) is 0 Å². The Bertz CT molecular complexity index is 913. The molecule has 1 heterocycles. The van der Waals surface area contributed by atoms with Crippen LogP contribution in [0.3, 0.4) is 0 Å². The molecular weight excluding hydrogens is 613 g/mol.